The summed E-state index contributed by atoms with van der Waals surface area (Å²) in [6.45, 7) is 25.8. The number of allylic oxidation sites excluding steroid dienone is 3. The first-order chi connectivity index (χ1) is 40.5. The Labute approximate surface area is 502 Å². The number of thiazole rings is 1. The second kappa shape index (κ2) is 29.8. The molecule has 10 rings (SSSR count). The van der Waals surface area contributed by atoms with Gasteiger partial charge in [0.1, 0.15) is 24.3 Å². The van der Waals surface area contributed by atoms with Gasteiger partial charge in [0.2, 0.25) is 11.2 Å². The van der Waals surface area contributed by atoms with Crippen molar-refractivity contribution in [1.29, 1.82) is 0 Å². The minimum absolute atomic E-state index is 0.109. The average Bonchev–Trinajstić information content (AvgIpc) is 3.44. The Bertz CT molecular complexity index is 3750. The molecular formula is C67H72N6O8S3. The number of pyridine rings is 1. The first kappa shape index (κ1) is 63.2. The Kier molecular flexibility index (Phi) is 22.4. The minimum atomic E-state index is -4.48. The fraction of sp³-hybridized carbons (Fsp3) is 0.239. The van der Waals surface area contributed by atoms with E-state index >= 15 is 0 Å². The molecule has 2 aromatic heterocycles. The van der Waals surface area contributed by atoms with E-state index in [4.69, 9.17) is 9.66 Å². The number of anilines is 3. The summed E-state index contributed by atoms with van der Waals surface area (Å²) in [7, 11) is -4.48. The molecule has 0 unspecified atom stereocenters. The van der Waals surface area contributed by atoms with Crippen LogP contribution < -0.4 is 29.5 Å². The highest BCUT2D eigenvalue weighted by Gasteiger charge is 2.27. The monoisotopic (exact) mass is 1180 g/mol. The Balaban J connectivity index is 0.000000184. The van der Waals surface area contributed by atoms with Crippen LogP contribution in [0.15, 0.2) is 191 Å². The number of nitrogens with zero attached hydrogens (tertiary/aromatic N) is 6. The highest BCUT2D eigenvalue weighted by atomic mass is 32.2. The number of aromatic carboxylic acids is 2. The molecule has 1 aliphatic carbocycles. The van der Waals surface area contributed by atoms with Crippen LogP contribution in [-0.2, 0) is 16.7 Å². The molecule has 0 amide bonds. The molecule has 436 valence electrons. The maximum atomic E-state index is 10.9. The number of aromatic nitrogens is 2. The summed E-state index contributed by atoms with van der Waals surface area (Å²) >= 11 is 3.75. The molecule has 0 saturated carbocycles. The number of rotatable bonds is 16. The van der Waals surface area contributed by atoms with Crippen LogP contribution in [0.2, 0.25) is 0 Å². The zero-order valence-corrected chi connectivity index (χ0v) is 51.2. The second-order valence-electron chi connectivity index (χ2n) is 19.1. The Morgan fingerprint density at radius 3 is 1.81 bits per heavy atom. The SMILES string of the molecule is CCN(CC)c1ccc(C(=C2C=CC(=[N+](CC)CC)c3ccccc32)c2ccc(N(CC)CC)cc2)cc1.CCN1/C(=C/c2sc3ccccc3[n+]2CC)Sc2ccccc21.O=C(O)c1cc(S(=O)(=O)O)ccc1[O-].O=C([O-])c1cccnc1. The van der Waals surface area contributed by atoms with Gasteiger partial charge in [-0.05, 0) is 156 Å². The molecule has 17 heteroatoms. The van der Waals surface area contributed by atoms with Crippen molar-refractivity contribution in [2.45, 2.75) is 71.7 Å². The molecule has 84 heavy (non-hydrogen) atoms. The smallest absolute Gasteiger partial charge is 0.335 e. The van der Waals surface area contributed by atoms with Gasteiger partial charge in [-0.15, -0.1) is 0 Å². The number of hydrogen-bond acceptors (Lipinski definition) is 12. The molecule has 3 heterocycles. The Morgan fingerprint density at radius 2 is 1.29 bits per heavy atom. The van der Waals surface area contributed by atoms with Gasteiger partial charge in [-0.1, -0.05) is 108 Å². The maximum absolute atomic E-state index is 10.9. The highest BCUT2D eigenvalue weighted by molar-refractivity contribution is 8.04. The van der Waals surface area contributed by atoms with Gasteiger partial charge >= 0.3 is 5.97 Å². The van der Waals surface area contributed by atoms with E-state index in [0.29, 0.717) is 6.07 Å². The standard InChI is InChI=1S/C35H44N3.C19H19N2S2.C7H6O6S.C6H5NO2/c1-7-36(8-2)29-21-17-27(18-22-29)35(28-19-23-30(24-20-28)37(9-3)10-4)33-25-26-34(38(11-5)12-6)32-16-14-13-15-31(32)33;1-3-20-14-9-5-7-11-16(14)22-18(20)13-19-21(4-2)15-10-6-8-12-17(15)23-19;8-6-2-1-4(14(11,12)13)3-5(6)7(9)10;8-6(9)5-2-1-3-7-4-5/h13-26H,7-12H2,1-6H3;5-13H,3-4H2,1-2H3;1-3,8H,(H,9,10)(H,11,12,13);1-4H,(H,8,9)/q2*+1;;/p-2. The van der Waals surface area contributed by atoms with Crippen molar-refractivity contribution in [2.24, 2.45) is 0 Å². The second-order valence-corrected chi connectivity index (χ2v) is 22.6. The first-order valence-electron chi connectivity index (χ1n) is 28.2. The first-order valence-corrected chi connectivity index (χ1v) is 31.3. The lowest BCUT2D eigenvalue weighted by Crippen LogP contribution is -2.33. The number of carbonyl (C=O) groups is 2. The summed E-state index contributed by atoms with van der Waals surface area (Å²) in [6.07, 6.45) is 9.76. The number of carboxylic acid groups (broad SMARTS) is 2. The van der Waals surface area contributed by atoms with Crippen LogP contribution in [-0.4, -0.2) is 91.1 Å². The highest BCUT2D eigenvalue weighted by Crippen LogP contribution is 2.46. The average molecular weight is 1190 g/mol. The van der Waals surface area contributed by atoms with E-state index in [1.165, 1.54) is 99.8 Å². The molecule has 0 fully saturated rings. The van der Waals surface area contributed by atoms with Gasteiger partial charge in [-0.25, -0.2) is 9.37 Å². The number of para-hydroxylation sites is 2. The van der Waals surface area contributed by atoms with E-state index in [-0.39, 0.29) is 5.56 Å². The van der Waals surface area contributed by atoms with Crippen molar-refractivity contribution in [3.05, 3.63) is 220 Å². The van der Waals surface area contributed by atoms with Crippen LogP contribution >= 0.6 is 23.1 Å². The van der Waals surface area contributed by atoms with Crippen LogP contribution in [0.25, 0.3) is 27.4 Å². The Morgan fingerprint density at radius 1 is 0.702 bits per heavy atom. The van der Waals surface area contributed by atoms with E-state index in [1.807, 2.05) is 23.1 Å². The van der Waals surface area contributed by atoms with Crippen LogP contribution in [0.4, 0.5) is 17.1 Å². The third-order valence-electron chi connectivity index (χ3n) is 14.4. The quantitative estimate of drug-likeness (QED) is 0.0689. The van der Waals surface area contributed by atoms with E-state index in [1.54, 1.807) is 6.07 Å². The maximum Gasteiger partial charge on any atom is 0.335 e. The molecule has 6 aromatic carbocycles. The summed E-state index contributed by atoms with van der Waals surface area (Å²) in [5, 5.41) is 32.1. The summed E-state index contributed by atoms with van der Waals surface area (Å²) in [6, 6.07) is 49.7. The summed E-state index contributed by atoms with van der Waals surface area (Å²) in [5.74, 6) is -3.55. The van der Waals surface area contributed by atoms with Gasteiger partial charge in [0.15, 0.2) is 0 Å². The lowest BCUT2D eigenvalue weighted by atomic mass is 9.83. The molecule has 0 radical (unpaired) electrons. The largest absolute Gasteiger partial charge is 0.872 e. The fourth-order valence-electron chi connectivity index (χ4n) is 10.1. The van der Waals surface area contributed by atoms with Crippen molar-refractivity contribution in [3.8, 4) is 5.75 Å². The number of carboxylic acids is 2. The molecule has 8 aromatic rings. The molecule has 0 atom stereocenters. The lowest BCUT2D eigenvalue weighted by molar-refractivity contribution is -0.665. The Hall–Kier alpha value is -8.35. The summed E-state index contributed by atoms with van der Waals surface area (Å²) < 4.78 is 35.9. The minimum Gasteiger partial charge on any atom is -0.872 e. The lowest BCUT2D eigenvalue weighted by Gasteiger charge is -2.24. The van der Waals surface area contributed by atoms with Crippen molar-refractivity contribution >= 4 is 95.4 Å². The van der Waals surface area contributed by atoms with Crippen LogP contribution in [0.3, 0.4) is 0 Å². The van der Waals surface area contributed by atoms with Crippen LogP contribution in [0.5, 0.6) is 5.75 Å². The van der Waals surface area contributed by atoms with E-state index in [0.717, 1.165) is 64.5 Å². The molecule has 2 N–H and O–H groups in total. The summed E-state index contributed by atoms with van der Waals surface area (Å²) in [5.41, 5.74) is 13.6. The molecule has 0 bridgehead atoms. The van der Waals surface area contributed by atoms with Gasteiger partial charge < -0.3 is 34.8 Å². The zero-order chi connectivity index (χ0) is 60.5. The van der Waals surface area contributed by atoms with Gasteiger partial charge in [0.05, 0.1) is 38.8 Å². The predicted octanol–water partition coefficient (Wildman–Crippen LogP) is 12.0. The topological polar surface area (TPSA) is 184 Å². The van der Waals surface area contributed by atoms with E-state index in [9.17, 15) is 28.2 Å². The third-order valence-corrected chi connectivity index (χ3v) is 17.4. The molecule has 0 spiro atoms. The van der Waals surface area contributed by atoms with Crippen LogP contribution in [0, 0.1) is 0 Å². The molecule has 0 saturated heterocycles. The van der Waals surface area contributed by atoms with Gasteiger partial charge in [0, 0.05) is 79.1 Å². The number of benzene rings is 6. The van der Waals surface area contributed by atoms with E-state index in [2.05, 4.69) is 224 Å². The summed E-state index contributed by atoms with van der Waals surface area (Å²) in [4.78, 5) is 32.0. The van der Waals surface area contributed by atoms with Gasteiger partial charge in [-0.3, -0.25) is 9.54 Å². The van der Waals surface area contributed by atoms with Crippen LogP contribution in [0.1, 0.15) is 103 Å². The number of aryl methyl sites for hydroxylation is 1. The molecular weight excluding hydrogens is 1110 g/mol. The normalized spacial score (nSPS) is 12.7. The molecule has 2 aliphatic rings. The van der Waals surface area contributed by atoms with Gasteiger partial charge in [-0.2, -0.15) is 13.0 Å². The van der Waals surface area contributed by atoms with Crippen molar-refractivity contribution in [3.63, 3.8) is 0 Å². The van der Waals surface area contributed by atoms with Crippen molar-refractivity contribution < 1.29 is 47.0 Å². The third kappa shape index (κ3) is 15.1. The van der Waals surface area contributed by atoms with E-state index < -0.39 is 38.3 Å². The fourth-order valence-corrected chi connectivity index (χ4v) is 13.0. The number of hydrogen-bond donors (Lipinski definition) is 2. The molecule has 1 aliphatic heterocycles. The van der Waals surface area contributed by atoms with Crippen molar-refractivity contribution in [1.82, 2.24) is 4.98 Å². The number of thioether (sulfide) groups is 1. The van der Waals surface area contributed by atoms with Gasteiger partial charge in [0.25, 0.3) is 15.1 Å². The zero-order valence-electron chi connectivity index (χ0n) is 48.7. The predicted molar refractivity (Wildman–Crippen MR) is 339 cm³/mol. The number of carbonyl (C=O) groups excluding carboxylic acids is 1. The molecule has 14 nitrogen and oxygen atoms in total. The van der Waals surface area contributed by atoms with Crippen molar-refractivity contribution in [2.75, 3.05) is 60.5 Å². The number of fused-ring (bicyclic) bond motifs is 3.